The second kappa shape index (κ2) is 8.99. The fourth-order valence-electron chi connectivity index (χ4n) is 3.79. The van der Waals surface area contributed by atoms with Crippen LogP contribution in [0.3, 0.4) is 0 Å². The zero-order chi connectivity index (χ0) is 24.6. The van der Waals surface area contributed by atoms with E-state index in [0.717, 1.165) is 9.82 Å². The summed E-state index contributed by atoms with van der Waals surface area (Å²) in [6, 6.07) is 11.5. The van der Waals surface area contributed by atoms with Crippen molar-refractivity contribution in [3.8, 4) is 0 Å². The van der Waals surface area contributed by atoms with Gasteiger partial charge in [0.15, 0.2) is 5.69 Å². The molecule has 0 bridgehead atoms. The molecule has 0 aliphatic heterocycles. The lowest BCUT2D eigenvalue weighted by Gasteiger charge is -2.11. The Hall–Kier alpha value is -3.57. The summed E-state index contributed by atoms with van der Waals surface area (Å²) in [5, 5.41) is 5.01. The maximum Gasteiger partial charge on any atom is 0.359 e. The Morgan fingerprint density at radius 2 is 1.76 bits per heavy atom. The predicted octanol–water partition coefficient (Wildman–Crippen LogP) is 2.39. The number of fused-ring (bicyclic) bond motifs is 2. The largest absolute Gasteiger partial charge is 0.453 e. The molecule has 0 aliphatic carbocycles. The maximum absolute atomic E-state index is 13.0. The van der Waals surface area contributed by atoms with Crippen molar-refractivity contribution < 1.29 is 17.9 Å². The van der Waals surface area contributed by atoms with Gasteiger partial charge < -0.3 is 9.30 Å². The van der Waals surface area contributed by atoms with Crippen LogP contribution in [-0.2, 0) is 34.5 Å². The first kappa shape index (κ1) is 23.6. The highest BCUT2D eigenvalue weighted by Crippen LogP contribution is 2.23. The van der Waals surface area contributed by atoms with Crippen LogP contribution in [0.5, 0.6) is 0 Å². The van der Waals surface area contributed by atoms with Crippen molar-refractivity contribution in [2.45, 2.75) is 38.4 Å². The van der Waals surface area contributed by atoms with Gasteiger partial charge >= 0.3 is 5.97 Å². The SMILES string of the molecule is CCn1nc(C(=O)OCc2nc3cc(S(=O)(=O)N(C)C)ccc3n2CC)c2ccccc2c1=O. The van der Waals surface area contributed by atoms with Crippen molar-refractivity contribution in [3.05, 3.63) is 64.3 Å². The summed E-state index contributed by atoms with van der Waals surface area (Å²) in [7, 11) is -0.675. The zero-order valence-corrected chi connectivity index (χ0v) is 20.2. The third kappa shape index (κ3) is 3.97. The van der Waals surface area contributed by atoms with Crippen LogP contribution < -0.4 is 5.56 Å². The van der Waals surface area contributed by atoms with Gasteiger partial charge in [-0.2, -0.15) is 5.10 Å². The normalized spacial score (nSPS) is 12.0. The molecule has 0 unspecified atom stereocenters. The molecule has 0 N–H and O–H groups in total. The van der Waals surface area contributed by atoms with Crippen LogP contribution in [0.25, 0.3) is 21.8 Å². The van der Waals surface area contributed by atoms with E-state index < -0.39 is 16.0 Å². The molecule has 2 aromatic carbocycles. The first-order valence-corrected chi connectivity index (χ1v) is 12.2. The lowest BCUT2D eigenvalue weighted by Crippen LogP contribution is -2.26. The molecule has 2 heterocycles. The molecule has 0 aliphatic rings. The lowest BCUT2D eigenvalue weighted by molar-refractivity contribution is 0.0451. The molecule has 178 valence electrons. The minimum atomic E-state index is -3.61. The van der Waals surface area contributed by atoms with Crippen LogP contribution in [0.2, 0.25) is 0 Å². The summed E-state index contributed by atoms with van der Waals surface area (Å²) in [5.41, 5.74) is 0.995. The molecular weight excluding hydrogens is 458 g/mol. The molecule has 0 atom stereocenters. The Morgan fingerprint density at radius 1 is 1.06 bits per heavy atom. The van der Waals surface area contributed by atoms with E-state index in [-0.39, 0.29) is 22.8 Å². The first-order valence-electron chi connectivity index (χ1n) is 10.8. The van der Waals surface area contributed by atoms with Crippen molar-refractivity contribution in [1.29, 1.82) is 0 Å². The molecular formula is C23H25N5O5S. The minimum absolute atomic E-state index is 0.0515. The molecule has 2 aromatic heterocycles. The highest BCUT2D eigenvalue weighted by molar-refractivity contribution is 7.89. The van der Waals surface area contributed by atoms with Gasteiger partial charge in [-0.15, -0.1) is 0 Å². The second-order valence-electron chi connectivity index (χ2n) is 7.80. The number of hydrogen-bond donors (Lipinski definition) is 0. The molecule has 0 spiro atoms. The van der Waals surface area contributed by atoms with Crippen LogP contribution in [0.15, 0.2) is 52.2 Å². The van der Waals surface area contributed by atoms with Gasteiger partial charge in [0.05, 0.1) is 21.3 Å². The third-order valence-corrected chi connectivity index (χ3v) is 7.40. The molecule has 0 amide bonds. The first-order chi connectivity index (χ1) is 16.2. The monoisotopic (exact) mass is 483 g/mol. The molecule has 0 saturated carbocycles. The summed E-state index contributed by atoms with van der Waals surface area (Å²) in [6.07, 6.45) is 0. The number of carbonyl (C=O) groups excluding carboxylic acids is 1. The van der Waals surface area contributed by atoms with Gasteiger partial charge in [0.25, 0.3) is 5.56 Å². The summed E-state index contributed by atoms with van der Waals surface area (Å²) in [5.74, 6) is -0.206. The van der Waals surface area contributed by atoms with E-state index >= 15 is 0 Å². The number of imidazole rings is 1. The highest BCUT2D eigenvalue weighted by atomic mass is 32.2. The van der Waals surface area contributed by atoms with Crippen molar-refractivity contribution in [2.75, 3.05) is 14.1 Å². The number of aromatic nitrogens is 4. The molecule has 0 saturated heterocycles. The summed E-state index contributed by atoms with van der Waals surface area (Å²) in [4.78, 5) is 30.1. The van der Waals surface area contributed by atoms with Gasteiger partial charge in [0, 0.05) is 32.6 Å². The summed E-state index contributed by atoms with van der Waals surface area (Å²) in [6.45, 7) is 4.41. The second-order valence-corrected chi connectivity index (χ2v) is 9.95. The number of hydrogen-bond acceptors (Lipinski definition) is 7. The fourth-order valence-corrected chi connectivity index (χ4v) is 4.71. The number of esters is 1. The average Bonchev–Trinajstić information content (AvgIpc) is 3.19. The van der Waals surface area contributed by atoms with Gasteiger partial charge in [0.1, 0.15) is 12.4 Å². The van der Waals surface area contributed by atoms with E-state index in [0.29, 0.717) is 35.2 Å². The Morgan fingerprint density at radius 3 is 2.41 bits per heavy atom. The molecule has 10 nitrogen and oxygen atoms in total. The fraction of sp³-hybridized carbons (Fsp3) is 0.304. The lowest BCUT2D eigenvalue weighted by atomic mass is 10.1. The Bertz CT molecular complexity index is 1570. The molecule has 11 heteroatoms. The molecule has 0 radical (unpaired) electrons. The Kier molecular flexibility index (Phi) is 6.24. The summed E-state index contributed by atoms with van der Waals surface area (Å²) >= 11 is 0. The van der Waals surface area contributed by atoms with Gasteiger partial charge in [-0.1, -0.05) is 18.2 Å². The van der Waals surface area contributed by atoms with E-state index in [1.165, 1.54) is 30.9 Å². The van der Waals surface area contributed by atoms with E-state index in [2.05, 4.69) is 10.1 Å². The van der Waals surface area contributed by atoms with Crippen molar-refractivity contribution >= 4 is 37.8 Å². The smallest absolute Gasteiger partial charge is 0.359 e. The quantitative estimate of drug-likeness (QED) is 0.371. The average molecular weight is 484 g/mol. The summed E-state index contributed by atoms with van der Waals surface area (Å²) < 4.78 is 34.7. The van der Waals surface area contributed by atoms with Gasteiger partial charge in [-0.3, -0.25) is 4.79 Å². The number of aryl methyl sites for hydroxylation is 2. The number of sulfonamides is 1. The van der Waals surface area contributed by atoms with E-state index in [9.17, 15) is 18.0 Å². The van der Waals surface area contributed by atoms with Crippen LogP contribution in [0.1, 0.15) is 30.2 Å². The predicted molar refractivity (Wildman–Crippen MR) is 127 cm³/mol. The Balaban J connectivity index is 1.68. The Labute approximate surface area is 196 Å². The van der Waals surface area contributed by atoms with E-state index in [1.54, 1.807) is 37.3 Å². The van der Waals surface area contributed by atoms with Gasteiger partial charge in [0.2, 0.25) is 10.0 Å². The van der Waals surface area contributed by atoms with Crippen molar-refractivity contribution in [1.82, 2.24) is 23.6 Å². The van der Waals surface area contributed by atoms with Gasteiger partial charge in [-0.05, 0) is 38.1 Å². The zero-order valence-electron chi connectivity index (χ0n) is 19.3. The van der Waals surface area contributed by atoms with Crippen molar-refractivity contribution in [2.24, 2.45) is 0 Å². The standard InChI is InChI=1S/C23H25N5O5S/c1-5-27-19-12-11-15(34(31,32)26(3)4)13-18(19)24-20(27)14-33-23(30)21-16-9-7-8-10-17(16)22(29)28(6-2)25-21/h7-13H,5-6,14H2,1-4H3. The molecule has 4 rings (SSSR count). The van der Waals surface area contributed by atoms with E-state index in [1.807, 2.05) is 11.5 Å². The molecule has 0 fully saturated rings. The van der Waals surface area contributed by atoms with Crippen LogP contribution in [-0.4, -0.2) is 52.1 Å². The van der Waals surface area contributed by atoms with Crippen LogP contribution >= 0.6 is 0 Å². The van der Waals surface area contributed by atoms with Crippen LogP contribution in [0.4, 0.5) is 0 Å². The number of rotatable bonds is 7. The minimum Gasteiger partial charge on any atom is -0.453 e. The number of benzene rings is 2. The molecule has 4 aromatic rings. The topological polar surface area (TPSA) is 116 Å². The van der Waals surface area contributed by atoms with Crippen LogP contribution in [0, 0.1) is 0 Å². The van der Waals surface area contributed by atoms with Gasteiger partial charge in [-0.25, -0.2) is 27.2 Å². The van der Waals surface area contributed by atoms with E-state index in [4.69, 9.17) is 4.74 Å². The maximum atomic E-state index is 13.0. The number of carbonyl (C=O) groups is 1. The number of nitrogens with zero attached hydrogens (tertiary/aromatic N) is 5. The number of ether oxygens (including phenoxy) is 1. The highest BCUT2D eigenvalue weighted by Gasteiger charge is 2.21. The molecule has 34 heavy (non-hydrogen) atoms. The van der Waals surface area contributed by atoms with Crippen molar-refractivity contribution in [3.63, 3.8) is 0 Å². The third-order valence-electron chi connectivity index (χ3n) is 5.59.